The highest BCUT2D eigenvalue weighted by Crippen LogP contribution is 2.18. The molecule has 1 aromatic carbocycles. The molecule has 1 aromatic heterocycles. The van der Waals surface area contributed by atoms with Gasteiger partial charge < -0.3 is 15.5 Å². The number of carbonyl (C=O) groups is 2. The number of carbonyl (C=O) groups excluding carboxylic acids is 2. The number of nitrogens with one attached hydrogen (secondary N) is 2. The van der Waals surface area contributed by atoms with Crippen LogP contribution in [0.1, 0.15) is 22.5 Å². The van der Waals surface area contributed by atoms with Crippen LogP contribution >= 0.6 is 11.3 Å². The van der Waals surface area contributed by atoms with Crippen LogP contribution in [0.15, 0.2) is 41.8 Å². The van der Waals surface area contributed by atoms with Crippen molar-refractivity contribution in [3.63, 3.8) is 0 Å². The molecule has 22 heavy (non-hydrogen) atoms. The molecular weight excluding hydrogens is 298 g/mol. The first-order valence-electron chi connectivity index (χ1n) is 7.23. The molecule has 1 saturated heterocycles. The molecule has 2 heterocycles. The topological polar surface area (TPSA) is 61.4 Å². The summed E-state index contributed by atoms with van der Waals surface area (Å²) in [7, 11) is 0. The number of rotatable bonds is 3. The molecule has 0 unspecified atom stereocenters. The fourth-order valence-electron chi connectivity index (χ4n) is 2.40. The van der Waals surface area contributed by atoms with Crippen molar-refractivity contribution in [1.82, 2.24) is 4.90 Å². The van der Waals surface area contributed by atoms with Crippen LogP contribution < -0.4 is 10.6 Å². The number of urea groups is 1. The molecule has 1 fully saturated rings. The largest absolute Gasteiger partial charge is 0.325 e. The van der Waals surface area contributed by atoms with Gasteiger partial charge in [0.25, 0.3) is 5.91 Å². The summed E-state index contributed by atoms with van der Waals surface area (Å²) in [6, 6.07) is 10.7. The molecule has 2 aromatic rings. The summed E-state index contributed by atoms with van der Waals surface area (Å²) in [5.41, 5.74) is 1.35. The Bertz CT molecular complexity index is 664. The second-order valence-electron chi connectivity index (χ2n) is 5.14. The van der Waals surface area contributed by atoms with Gasteiger partial charge in [0.1, 0.15) is 0 Å². The van der Waals surface area contributed by atoms with Crippen molar-refractivity contribution in [3.05, 3.63) is 46.7 Å². The minimum atomic E-state index is -0.141. The lowest BCUT2D eigenvalue weighted by Gasteiger charge is -2.16. The van der Waals surface area contributed by atoms with E-state index >= 15 is 0 Å². The lowest BCUT2D eigenvalue weighted by molar-refractivity contribution is 0.103. The Hall–Kier alpha value is -2.34. The first-order chi connectivity index (χ1) is 10.7. The van der Waals surface area contributed by atoms with Crippen molar-refractivity contribution >= 4 is 34.6 Å². The summed E-state index contributed by atoms with van der Waals surface area (Å²) in [5.74, 6) is -0.141. The maximum atomic E-state index is 12.1. The quantitative estimate of drug-likeness (QED) is 0.908. The Balaban J connectivity index is 1.64. The second-order valence-corrected chi connectivity index (χ2v) is 6.08. The van der Waals surface area contributed by atoms with Crippen molar-refractivity contribution in [2.45, 2.75) is 12.8 Å². The third kappa shape index (κ3) is 3.46. The van der Waals surface area contributed by atoms with Gasteiger partial charge in [-0.25, -0.2) is 4.79 Å². The number of nitrogens with zero attached hydrogens (tertiary/aromatic N) is 1. The van der Waals surface area contributed by atoms with E-state index in [1.54, 1.807) is 23.1 Å². The van der Waals surface area contributed by atoms with Gasteiger partial charge in [-0.15, -0.1) is 11.3 Å². The minimum absolute atomic E-state index is 0.0840. The highest BCUT2D eigenvalue weighted by molar-refractivity contribution is 7.12. The zero-order valence-electron chi connectivity index (χ0n) is 12.0. The van der Waals surface area contributed by atoms with Crippen LogP contribution in [0.5, 0.6) is 0 Å². The summed E-state index contributed by atoms with van der Waals surface area (Å²) in [6.07, 6.45) is 2.12. The Morgan fingerprint density at radius 2 is 1.73 bits per heavy atom. The standard InChI is InChI=1S/C16H17N3O2S/c20-15(14-7-4-10-22-14)17-12-5-3-6-13(11-12)18-16(21)19-8-1-2-9-19/h3-7,10-11H,1-2,8-9H2,(H,17,20)(H,18,21). The molecule has 114 valence electrons. The Labute approximate surface area is 132 Å². The van der Waals surface area contributed by atoms with Crippen molar-refractivity contribution in [2.75, 3.05) is 23.7 Å². The van der Waals surface area contributed by atoms with E-state index < -0.39 is 0 Å². The molecule has 0 bridgehead atoms. The monoisotopic (exact) mass is 315 g/mol. The first kappa shape index (κ1) is 14.6. The summed E-state index contributed by atoms with van der Waals surface area (Å²) in [6.45, 7) is 1.61. The number of amides is 3. The van der Waals surface area contributed by atoms with E-state index in [-0.39, 0.29) is 11.9 Å². The SMILES string of the molecule is O=C(Nc1cccc(NC(=O)N2CCCC2)c1)c1cccs1. The highest BCUT2D eigenvalue weighted by Gasteiger charge is 2.17. The zero-order chi connectivity index (χ0) is 15.4. The second kappa shape index (κ2) is 6.62. The Morgan fingerprint density at radius 1 is 1.00 bits per heavy atom. The van der Waals surface area contributed by atoms with E-state index in [9.17, 15) is 9.59 Å². The van der Waals surface area contributed by atoms with E-state index in [2.05, 4.69) is 10.6 Å². The minimum Gasteiger partial charge on any atom is -0.325 e. The van der Waals surface area contributed by atoms with Crippen LogP contribution in [-0.4, -0.2) is 29.9 Å². The summed E-state index contributed by atoms with van der Waals surface area (Å²) >= 11 is 1.39. The molecule has 0 saturated carbocycles. The molecule has 0 spiro atoms. The normalized spacial score (nSPS) is 13.9. The number of likely N-dealkylation sites (tertiary alicyclic amines) is 1. The van der Waals surface area contributed by atoms with Crippen LogP contribution in [0.4, 0.5) is 16.2 Å². The molecule has 3 amide bonds. The fraction of sp³-hybridized carbons (Fsp3) is 0.250. The van der Waals surface area contributed by atoms with Gasteiger partial charge in [-0.2, -0.15) is 0 Å². The molecule has 6 heteroatoms. The van der Waals surface area contributed by atoms with E-state index in [4.69, 9.17) is 0 Å². The molecule has 5 nitrogen and oxygen atoms in total. The van der Waals surface area contributed by atoms with E-state index in [1.807, 2.05) is 23.6 Å². The van der Waals surface area contributed by atoms with Crippen LogP contribution in [0.3, 0.4) is 0 Å². The summed E-state index contributed by atoms with van der Waals surface area (Å²) < 4.78 is 0. The molecule has 2 N–H and O–H groups in total. The van der Waals surface area contributed by atoms with E-state index in [1.165, 1.54) is 11.3 Å². The van der Waals surface area contributed by atoms with Gasteiger partial charge in [-0.3, -0.25) is 4.79 Å². The van der Waals surface area contributed by atoms with Gasteiger partial charge in [0, 0.05) is 24.5 Å². The van der Waals surface area contributed by atoms with Crippen molar-refractivity contribution < 1.29 is 9.59 Å². The van der Waals surface area contributed by atoms with Crippen LogP contribution in [-0.2, 0) is 0 Å². The maximum Gasteiger partial charge on any atom is 0.321 e. The molecule has 1 aliphatic rings. The number of benzene rings is 1. The van der Waals surface area contributed by atoms with Crippen LogP contribution in [0, 0.1) is 0 Å². The number of hydrogen-bond acceptors (Lipinski definition) is 3. The number of thiophene rings is 1. The van der Waals surface area contributed by atoms with Gasteiger partial charge >= 0.3 is 6.03 Å². The van der Waals surface area contributed by atoms with Crippen molar-refractivity contribution in [2.24, 2.45) is 0 Å². The first-order valence-corrected chi connectivity index (χ1v) is 8.11. The van der Waals surface area contributed by atoms with Crippen molar-refractivity contribution in [3.8, 4) is 0 Å². The number of anilines is 2. The van der Waals surface area contributed by atoms with E-state index in [0.29, 0.717) is 16.3 Å². The molecule has 1 aliphatic heterocycles. The predicted molar refractivity (Wildman–Crippen MR) is 88.5 cm³/mol. The summed E-state index contributed by atoms with van der Waals surface area (Å²) in [5, 5.41) is 7.57. The van der Waals surface area contributed by atoms with Gasteiger partial charge in [0.15, 0.2) is 0 Å². The van der Waals surface area contributed by atoms with Crippen molar-refractivity contribution in [1.29, 1.82) is 0 Å². The van der Waals surface area contributed by atoms with Gasteiger partial charge in [0.05, 0.1) is 4.88 Å². The summed E-state index contributed by atoms with van der Waals surface area (Å²) in [4.78, 5) is 26.5. The molecule has 0 aliphatic carbocycles. The van der Waals surface area contributed by atoms with Gasteiger partial charge in [-0.1, -0.05) is 12.1 Å². The van der Waals surface area contributed by atoms with Crippen LogP contribution in [0.2, 0.25) is 0 Å². The average Bonchev–Trinajstić information content (AvgIpc) is 3.21. The maximum absolute atomic E-state index is 12.1. The van der Waals surface area contributed by atoms with E-state index in [0.717, 1.165) is 25.9 Å². The third-order valence-corrected chi connectivity index (χ3v) is 4.38. The Kier molecular flexibility index (Phi) is 4.39. The Morgan fingerprint density at radius 3 is 2.41 bits per heavy atom. The number of hydrogen-bond donors (Lipinski definition) is 2. The highest BCUT2D eigenvalue weighted by atomic mass is 32.1. The molecular formula is C16H17N3O2S. The third-order valence-electron chi connectivity index (χ3n) is 3.51. The zero-order valence-corrected chi connectivity index (χ0v) is 12.9. The average molecular weight is 315 g/mol. The molecule has 0 radical (unpaired) electrons. The lowest BCUT2D eigenvalue weighted by atomic mass is 10.2. The predicted octanol–water partition coefficient (Wildman–Crippen LogP) is 3.63. The lowest BCUT2D eigenvalue weighted by Crippen LogP contribution is -2.32. The molecule has 3 rings (SSSR count). The smallest absolute Gasteiger partial charge is 0.321 e. The fourth-order valence-corrected chi connectivity index (χ4v) is 3.02. The van der Waals surface area contributed by atoms with Crippen LogP contribution in [0.25, 0.3) is 0 Å². The molecule has 0 atom stereocenters. The van der Waals surface area contributed by atoms with Gasteiger partial charge in [0.2, 0.25) is 0 Å². The van der Waals surface area contributed by atoms with Gasteiger partial charge in [-0.05, 0) is 42.5 Å².